The zero-order valence-corrected chi connectivity index (χ0v) is 11.8. The predicted molar refractivity (Wildman–Crippen MR) is 80.5 cm³/mol. The molecule has 0 saturated heterocycles. The fourth-order valence-corrected chi connectivity index (χ4v) is 2.32. The summed E-state index contributed by atoms with van der Waals surface area (Å²) in [6, 6.07) is 6.50. The quantitative estimate of drug-likeness (QED) is 0.334. The summed E-state index contributed by atoms with van der Waals surface area (Å²) in [5.41, 5.74) is 0. The van der Waals surface area contributed by atoms with Gasteiger partial charge in [0.1, 0.15) is 18.4 Å². The van der Waals surface area contributed by atoms with Crippen LogP contribution in [0, 0.1) is 10.8 Å². The second kappa shape index (κ2) is 8.08. The second-order valence-corrected chi connectivity index (χ2v) is 5.36. The third kappa shape index (κ3) is 5.21. The highest BCUT2D eigenvalue weighted by Crippen LogP contribution is 2.40. The van der Waals surface area contributed by atoms with E-state index in [1.807, 2.05) is 0 Å². The third-order valence-electron chi connectivity index (χ3n) is 1.82. The zero-order valence-electron chi connectivity index (χ0n) is 10.2. The second-order valence-electron chi connectivity index (χ2n) is 3.15. The molecule has 0 unspecified atom stereocenters. The van der Waals surface area contributed by atoms with Crippen molar-refractivity contribution < 1.29 is 9.09 Å². The SMILES string of the molecule is N=C/N=C\NP(=O)(N/C=N\C=N)Oc1ccccc1Cl. The number of hydrogen-bond acceptors (Lipinski definition) is 4. The lowest BCUT2D eigenvalue weighted by molar-refractivity contribution is 0.473. The molecule has 0 saturated carbocycles. The lowest BCUT2D eigenvalue weighted by atomic mass is 10.3. The molecule has 0 aliphatic rings. The third-order valence-corrected chi connectivity index (χ3v) is 3.49. The summed E-state index contributed by atoms with van der Waals surface area (Å²) in [6.07, 6.45) is 3.60. The van der Waals surface area contributed by atoms with E-state index in [9.17, 15) is 4.57 Å². The van der Waals surface area contributed by atoms with E-state index in [4.69, 9.17) is 26.9 Å². The molecule has 1 rings (SSSR count). The van der Waals surface area contributed by atoms with Crippen molar-refractivity contribution in [1.29, 1.82) is 10.8 Å². The maximum absolute atomic E-state index is 12.4. The Balaban J connectivity index is 2.91. The van der Waals surface area contributed by atoms with Gasteiger partial charge in [-0.1, -0.05) is 23.7 Å². The Kier molecular flexibility index (Phi) is 6.42. The molecule has 1 aromatic rings. The monoisotopic (exact) mass is 314 g/mol. The minimum absolute atomic E-state index is 0.198. The van der Waals surface area contributed by atoms with Crippen LogP contribution in [0.25, 0.3) is 0 Å². The average molecular weight is 315 g/mol. The topological polar surface area (TPSA) is 123 Å². The Hall–Kier alpha value is -2.18. The van der Waals surface area contributed by atoms with E-state index in [2.05, 4.69) is 20.2 Å². The van der Waals surface area contributed by atoms with Crippen LogP contribution in [-0.4, -0.2) is 25.4 Å². The van der Waals surface area contributed by atoms with Gasteiger partial charge in [0.25, 0.3) is 0 Å². The minimum atomic E-state index is -3.62. The summed E-state index contributed by atoms with van der Waals surface area (Å²) in [4.78, 5) is 6.88. The fraction of sp³-hybridized carbons (Fsp3) is 0. The van der Waals surface area contributed by atoms with E-state index in [1.165, 1.54) is 0 Å². The van der Waals surface area contributed by atoms with Crippen molar-refractivity contribution >= 4 is 44.6 Å². The smallest absolute Gasteiger partial charge is 0.412 e. The van der Waals surface area contributed by atoms with Crippen LogP contribution in [0.1, 0.15) is 0 Å². The Labute approximate surface area is 120 Å². The first-order valence-electron chi connectivity index (χ1n) is 5.22. The summed E-state index contributed by atoms with van der Waals surface area (Å²) in [5.74, 6) is 0.198. The van der Waals surface area contributed by atoms with Crippen molar-refractivity contribution in [3.05, 3.63) is 29.3 Å². The highest BCUT2D eigenvalue weighted by atomic mass is 35.5. The first-order chi connectivity index (χ1) is 9.61. The molecule has 0 spiro atoms. The van der Waals surface area contributed by atoms with E-state index >= 15 is 0 Å². The average Bonchev–Trinajstić information content (AvgIpc) is 2.42. The van der Waals surface area contributed by atoms with E-state index in [0.717, 1.165) is 25.4 Å². The van der Waals surface area contributed by atoms with Gasteiger partial charge in [-0.25, -0.2) is 14.5 Å². The van der Waals surface area contributed by atoms with Crippen molar-refractivity contribution in [1.82, 2.24) is 10.2 Å². The van der Waals surface area contributed by atoms with Gasteiger partial charge in [0.2, 0.25) is 0 Å². The van der Waals surface area contributed by atoms with Crippen LogP contribution in [0.4, 0.5) is 0 Å². The van der Waals surface area contributed by atoms with Gasteiger partial charge in [-0.05, 0) is 12.1 Å². The van der Waals surface area contributed by atoms with Gasteiger partial charge in [0, 0.05) is 0 Å². The van der Waals surface area contributed by atoms with Gasteiger partial charge in [0.05, 0.1) is 17.7 Å². The molecular weight excluding hydrogens is 303 g/mol. The van der Waals surface area contributed by atoms with E-state index in [0.29, 0.717) is 0 Å². The minimum Gasteiger partial charge on any atom is -0.412 e. The Bertz CT molecular complexity index is 553. The number of hydrogen-bond donors (Lipinski definition) is 4. The lowest BCUT2D eigenvalue weighted by Gasteiger charge is -2.18. The van der Waals surface area contributed by atoms with E-state index < -0.39 is 7.67 Å². The molecule has 0 aromatic heterocycles. The number of rotatable bonds is 8. The number of para-hydroxylation sites is 1. The summed E-state index contributed by atoms with van der Waals surface area (Å²) < 4.78 is 17.7. The van der Waals surface area contributed by atoms with Crippen molar-refractivity contribution in [3.63, 3.8) is 0 Å². The molecule has 0 radical (unpaired) electrons. The van der Waals surface area contributed by atoms with Crippen LogP contribution in [0.2, 0.25) is 5.02 Å². The van der Waals surface area contributed by atoms with Gasteiger partial charge in [-0.2, -0.15) is 0 Å². The molecule has 0 aliphatic heterocycles. The molecule has 1 aromatic carbocycles. The van der Waals surface area contributed by atoms with Crippen molar-refractivity contribution in [2.45, 2.75) is 0 Å². The summed E-state index contributed by atoms with van der Waals surface area (Å²) in [6.45, 7) is 0. The van der Waals surface area contributed by atoms with Gasteiger partial charge >= 0.3 is 7.67 Å². The van der Waals surface area contributed by atoms with Gasteiger partial charge < -0.3 is 4.52 Å². The number of nitrogens with zero attached hydrogens (tertiary/aromatic N) is 2. The Morgan fingerprint density at radius 3 is 2.20 bits per heavy atom. The molecule has 0 amide bonds. The normalized spacial score (nSPS) is 13.8. The molecule has 8 nitrogen and oxygen atoms in total. The van der Waals surface area contributed by atoms with Crippen molar-refractivity contribution in [2.75, 3.05) is 0 Å². The molecule has 0 fully saturated rings. The maximum Gasteiger partial charge on any atom is 0.445 e. The van der Waals surface area contributed by atoms with E-state index in [1.54, 1.807) is 24.3 Å². The number of aliphatic imine (C=N–C) groups is 2. The lowest BCUT2D eigenvalue weighted by Crippen LogP contribution is -2.24. The summed E-state index contributed by atoms with van der Waals surface area (Å²) in [7, 11) is -3.62. The molecule has 0 heterocycles. The van der Waals surface area contributed by atoms with Crippen LogP contribution < -0.4 is 14.7 Å². The van der Waals surface area contributed by atoms with Crippen LogP contribution in [0.3, 0.4) is 0 Å². The molecule has 0 aliphatic carbocycles. The highest BCUT2D eigenvalue weighted by molar-refractivity contribution is 7.56. The largest absolute Gasteiger partial charge is 0.445 e. The summed E-state index contributed by atoms with van der Waals surface area (Å²) >= 11 is 5.91. The van der Waals surface area contributed by atoms with Crippen molar-refractivity contribution in [2.24, 2.45) is 9.98 Å². The molecular formula is C10H12ClN6O2P. The van der Waals surface area contributed by atoms with Crippen LogP contribution >= 0.6 is 19.3 Å². The Morgan fingerprint density at radius 1 is 1.15 bits per heavy atom. The van der Waals surface area contributed by atoms with Crippen LogP contribution in [-0.2, 0) is 4.57 Å². The number of halogens is 1. The summed E-state index contributed by atoms with van der Waals surface area (Å²) in [5, 5.41) is 18.5. The standard InChI is InChI=1S/C10H12ClN6O2P/c11-9-3-1-2-4-10(9)19-20(18,16-7-14-5-12)17-8-15-6-13/h1-8H,(H4,12,13,14,15,16,17,18). The molecule has 0 atom stereocenters. The first kappa shape index (κ1) is 15.9. The molecule has 10 heteroatoms. The van der Waals surface area contributed by atoms with Crippen LogP contribution in [0.15, 0.2) is 34.3 Å². The maximum atomic E-state index is 12.4. The van der Waals surface area contributed by atoms with Gasteiger partial charge in [-0.3, -0.25) is 21.0 Å². The predicted octanol–water partition coefficient (Wildman–Crippen LogP) is 2.28. The van der Waals surface area contributed by atoms with Gasteiger partial charge in [-0.15, -0.1) is 0 Å². The number of nitrogens with one attached hydrogen (secondary N) is 4. The number of benzene rings is 1. The molecule has 20 heavy (non-hydrogen) atoms. The van der Waals surface area contributed by atoms with Gasteiger partial charge in [0.15, 0.2) is 0 Å². The van der Waals surface area contributed by atoms with Crippen molar-refractivity contribution in [3.8, 4) is 5.75 Å². The molecule has 0 bridgehead atoms. The molecule has 4 N–H and O–H groups in total. The van der Waals surface area contributed by atoms with E-state index in [-0.39, 0.29) is 10.8 Å². The van der Waals surface area contributed by atoms with Crippen LogP contribution in [0.5, 0.6) is 5.75 Å². The first-order valence-corrected chi connectivity index (χ1v) is 7.22. The Morgan fingerprint density at radius 2 is 1.70 bits per heavy atom. The highest BCUT2D eigenvalue weighted by Gasteiger charge is 2.23. The molecule has 106 valence electrons. The zero-order chi connectivity index (χ0) is 14.8. The fourth-order valence-electron chi connectivity index (χ4n) is 1.04.